The van der Waals surface area contributed by atoms with Gasteiger partial charge in [0.1, 0.15) is 6.07 Å². The molecule has 2 aliphatic carbocycles. The van der Waals surface area contributed by atoms with Crippen LogP contribution in [0.5, 0.6) is 0 Å². The van der Waals surface area contributed by atoms with Gasteiger partial charge in [-0.3, -0.25) is 0 Å². The number of allylic oxidation sites excluding steroid dienone is 2. The van der Waals surface area contributed by atoms with Crippen LogP contribution < -0.4 is 0 Å². The maximum atomic E-state index is 12.8. The number of nitrogens with zero attached hydrogens (tertiary/aromatic N) is 1. The van der Waals surface area contributed by atoms with E-state index in [-0.39, 0.29) is 0 Å². The van der Waals surface area contributed by atoms with Crippen molar-refractivity contribution in [3.63, 3.8) is 0 Å². The fraction of sp³-hybridized carbons (Fsp3) is 0.875. The first-order valence-corrected chi connectivity index (χ1v) is 11.5. The van der Waals surface area contributed by atoms with Crippen LogP contribution in [-0.4, -0.2) is 0 Å². The van der Waals surface area contributed by atoms with E-state index in [0.29, 0.717) is 0 Å². The lowest BCUT2D eigenvalue weighted by atomic mass is 9.74. The highest BCUT2D eigenvalue weighted by Gasteiger charge is 2.24. The lowest BCUT2D eigenvalue weighted by Crippen LogP contribution is -2.18. The van der Waals surface area contributed by atoms with Gasteiger partial charge in [0.15, 0.2) is 5.83 Å². The minimum absolute atomic E-state index is 0.612. The number of rotatable bonds is 10. The van der Waals surface area contributed by atoms with Gasteiger partial charge in [0.25, 0.3) is 0 Å². The predicted molar refractivity (Wildman–Crippen MR) is 108 cm³/mol. The zero-order valence-corrected chi connectivity index (χ0v) is 17.0. The molecule has 2 aliphatic rings. The summed E-state index contributed by atoms with van der Waals surface area (Å²) in [5.74, 6) is 3.13. The van der Waals surface area contributed by atoms with Gasteiger partial charge in [-0.25, -0.2) is 0 Å². The van der Waals surface area contributed by atoms with Crippen LogP contribution in [-0.2, 0) is 0 Å². The summed E-state index contributed by atoms with van der Waals surface area (Å²) in [5, 5.41) is 8.44. The lowest BCUT2D eigenvalue weighted by molar-refractivity contribution is 0.209. The normalized spacial score (nSPS) is 30.1. The molecule has 0 aromatic carbocycles. The molecule has 26 heavy (non-hydrogen) atoms. The van der Waals surface area contributed by atoms with Gasteiger partial charge in [-0.15, -0.1) is 0 Å². The SMILES string of the molecule is CCCCC[C@H]1CC[C@H](CC[C@H]2CC[C@H](CC/C=C(\F)C#N)CC2)CC1. The van der Waals surface area contributed by atoms with Crippen LogP contribution in [0.2, 0.25) is 0 Å². The second-order valence-corrected chi connectivity index (χ2v) is 9.09. The smallest absolute Gasteiger partial charge is 0.195 e. The maximum absolute atomic E-state index is 12.8. The van der Waals surface area contributed by atoms with Crippen molar-refractivity contribution in [1.82, 2.24) is 0 Å². The summed E-state index contributed by atoms with van der Waals surface area (Å²) in [7, 11) is 0. The average molecular weight is 362 g/mol. The van der Waals surface area contributed by atoms with Crippen molar-refractivity contribution in [3.8, 4) is 6.07 Å². The third kappa shape index (κ3) is 8.24. The quantitative estimate of drug-likeness (QED) is 0.285. The van der Waals surface area contributed by atoms with E-state index in [9.17, 15) is 4.39 Å². The lowest BCUT2D eigenvalue weighted by Gasteiger charge is -2.32. The van der Waals surface area contributed by atoms with Gasteiger partial charge >= 0.3 is 0 Å². The minimum Gasteiger partial charge on any atom is -0.195 e. The monoisotopic (exact) mass is 361 g/mol. The van der Waals surface area contributed by atoms with Crippen molar-refractivity contribution < 1.29 is 4.39 Å². The van der Waals surface area contributed by atoms with Gasteiger partial charge in [0.2, 0.25) is 0 Å². The second kappa shape index (κ2) is 12.5. The fourth-order valence-corrected chi connectivity index (χ4v) is 5.26. The molecule has 0 spiro atoms. The highest BCUT2D eigenvalue weighted by atomic mass is 19.1. The standard InChI is InChI=1S/C24H40FN/c1-2-3-4-6-20-9-13-22(14-10-20)17-18-23-15-11-21(12-16-23)7-5-8-24(25)19-26/h8,20-23H,2-7,9-18H2,1H3/b24-8-/t20-,21-,22-,23-. The molecular formula is C24H40FN. The molecule has 0 N–H and O–H groups in total. The van der Waals surface area contributed by atoms with Crippen molar-refractivity contribution in [2.24, 2.45) is 23.7 Å². The molecule has 0 bridgehead atoms. The van der Waals surface area contributed by atoms with Gasteiger partial charge in [0, 0.05) is 0 Å². The molecule has 0 amide bonds. The Morgan fingerprint density at radius 1 is 0.808 bits per heavy atom. The average Bonchev–Trinajstić information content (AvgIpc) is 2.68. The van der Waals surface area contributed by atoms with Gasteiger partial charge in [-0.2, -0.15) is 9.65 Å². The van der Waals surface area contributed by atoms with Gasteiger partial charge < -0.3 is 0 Å². The molecule has 0 atom stereocenters. The summed E-state index contributed by atoms with van der Waals surface area (Å²) in [6.45, 7) is 2.30. The molecule has 2 saturated carbocycles. The van der Waals surface area contributed by atoms with E-state index >= 15 is 0 Å². The molecule has 0 unspecified atom stereocenters. The van der Waals surface area contributed by atoms with Crippen LogP contribution in [0.1, 0.15) is 110 Å². The summed E-state index contributed by atoms with van der Waals surface area (Å²) in [4.78, 5) is 0. The summed E-state index contributed by atoms with van der Waals surface area (Å²) < 4.78 is 12.8. The van der Waals surface area contributed by atoms with Crippen LogP contribution in [0.3, 0.4) is 0 Å². The molecule has 0 heterocycles. The van der Waals surface area contributed by atoms with Gasteiger partial charge in [-0.05, 0) is 42.6 Å². The zero-order chi connectivity index (χ0) is 18.6. The summed E-state index contributed by atoms with van der Waals surface area (Å²) in [6, 6.07) is 1.57. The number of unbranched alkanes of at least 4 members (excludes halogenated alkanes) is 2. The Bertz CT molecular complexity index is 434. The largest absolute Gasteiger partial charge is 0.196 e. The Hall–Kier alpha value is -0.840. The zero-order valence-electron chi connectivity index (χ0n) is 17.0. The minimum atomic E-state index is -0.612. The van der Waals surface area contributed by atoms with Crippen LogP contribution in [0.25, 0.3) is 0 Å². The Kier molecular flexibility index (Phi) is 10.3. The summed E-state index contributed by atoms with van der Waals surface area (Å²) in [6.07, 6.45) is 23.2. The van der Waals surface area contributed by atoms with Crippen molar-refractivity contribution in [2.75, 3.05) is 0 Å². The number of halogens is 1. The molecule has 0 aromatic rings. The fourth-order valence-electron chi connectivity index (χ4n) is 5.26. The first kappa shape index (κ1) is 21.5. The molecule has 0 radical (unpaired) electrons. The molecular weight excluding hydrogens is 321 g/mol. The maximum Gasteiger partial charge on any atom is 0.196 e. The van der Waals surface area contributed by atoms with E-state index in [1.54, 1.807) is 6.07 Å². The van der Waals surface area contributed by atoms with Gasteiger partial charge in [0.05, 0.1) is 0 Å². The number of nitriles is 1. The highest BCUT2D eigenvalue weighted by molar-refractivity contribution is 5.11. The summed E-state index contributed by atoms with van der Waals surface area (Å²) >= 11 is 0. The van der Waals surface area contributed by atoms with E-state index in [0.717, 1.165) is 36.5 Å². The molecule has 0 saturated heterocycles. The van der Waals surface area contributed by atoms with E-state index < -0.39 is 5.83 Å². The molecule has 2 fully saturated rings. The number of hydrogen-bond donors (Lipinski definition) is 0. The van der Waals surface area contributed by atoms with Crippen LogP contribution in [0, 0.1) is 35.0 Å². The first-order chi connectivity index (χ1) is 12.7. The van der Waals surface area contributed by atoms with Gasteiger partial charge in [-0.1, -0.05) is 96.8 Å². The van der Waals surface area contributed by atoms with E-state index in [4.69, 9.17) is 5.26 Å². The molecule has 148 valence electrons. The van der Waals surface area contributed by atoms with Crippen molar-refractivity contribution in [1.29, 1.82) is 5.26 Å². The van der Waals surface area contributed by atoms with E-state index in [1.165, 1.54) is 96.0 Å². The van der Waals surface area contributed by atoms with Crippen molar-refractivity contribution in [3.05, 3.63) is 11.9 Å². The van der Waals surface area contributed by atoms with Crippen molar-refractivity contribution >= 4 is 0 Å². The molecule has 0 aliphatic heterocycles. The van der Waals surface area contributed by atoms with E-state index in [1.807, 2.05) is 0 Å². The Labute approximate surface area is 161 Å². The number of hydrogen-bond acceptors (Lipinski definition) is 1. The van der Waals surface area contributed by atoms with Crippen LogP contribution in [0.4, 0.5) is 4.39 Å². The Morgan fingerprint density at radius 3 is 1.73 bits per heavy atom. The first-order valence-electron chi connectivity index (χ1n) is 11.5. The third-order valence-electron chi connectivity index (χ3n) is 7.14. The predicted octanol–water partition coefficient (Wildman–Crippen LogP) is 8.12. The van der Waals surface area contributed by atoms with Crippen molar-refractivity contribution in [2.45, 2.75) is 110 Å². The second-order valence-electron chi connectivity index (χ2n) is 9.09. The molecule has 1 nitrogen and oxygen atoms in total. The highest BCUT2D eigenvalue weighted by Crippen LogP contribution is 2.38. The molecule has 2 rings (SSSR count). The van der Waals surface area contributed by atoms with E-state index in [2.05, 4.69) is 6.92 Å². The Morgan fingerprint density at radius 2 is 1.27 bits per heavy atom. The third-order valence-corrected chi connectivity index (χ3v) is 7.14. The van der Waals surface area contributed by atoms with Crippen LogP contribution in [0.15, 0.2) is 11.9 Å². The topological polar surface area (TPSA) is 23.8 Å². The summed E-state index contributed by atoms with van der Waals surface area (Å²) in [5.41, 5.74) is 0. The van der Waals surface area contributed by atoms with Crippen LogP contribution >= 0.6 is 0 Å². The Balaban J connectivity index is 1.52. The molecule has 2 heteroatoms. The molecule has 0 aromatic heterocycles.